The molecule has 0 saturated carbocycles. The van der Waals surface area contributed by atoms with Crippen LogP contribution in [-0.4, -0.2) is 39.6 Å². The van der Waals surface area contributed by atoms with Crippen LogP contribution in [0.3, 0.4) is 0 Å². The van der Waals surface area contributed by atoms with E-state index in [1.165, 1.54) is 0 Å². The molecule has 4 rings (SSSR count). The number of halogens is 6. The number of hydrogen-bond acceptors (Lipinski definition) is 4. The van der Waals surface area contributed by atoms with E-state index in [0.717, 1.165) is 24.1 Å². The summed E-state index contributed by atoms with van der Waals surface area (Å²) in [6.45, 7) is 1.93. The van der Waals surface area contributed by atoms with Gasteiger partial charge in [0.05, 0.1) is 13.2 Å². The van der Waals surface area contributed by atoms with E-state index in [0.29, 0.717) is 54.9 Å². The molecule has 3 aromatic rings. The molecule has 1 saturated heterocycles. The maximum absolute atomic E-state index is 15.2. The molecule has 0 spiro atoms. The predicted molar refractivity (Wildman–Crippen MR) is 128 cm³/mol. The van der Waals surface area contributed by atoms with Crippen molar-refractivity contribution >= 4 is 10.8 Å². The molecule has 1 fully saturated rings. The zero-order chi connectivity index (χ0) is 27.3. The van der Waals surface area contributed by atoms with E-state index in [1.807, 2.05) is 12.1 Å². The summed E-state index contributed by atoms with van der Waals surface area (Å²) in [4.78, 5) is 0. The number of rotatable bonds is 10. The highest BCUT2D eigenvalue weighted by Gasteiger charge is 2.34. The van der Waals surface area contributed by atoms with Crippen LogP contribution in [-0.2, 0) is 33.5 Å². The van der Waals surface area contributed by atoms with Gasteiger partial charge in [0.2, 0.25) is 5.75 Å². The number of fused-ring (bicyclic) bond motifs is 1. The molecular weight excluding hydrogens is 514 g/mol. The average molecular weight is 543 g/mol. The molecular formula is C28H28F6O4. The fraction of sp³-hybridized carbons (Fsp3) is 0.429. The minimum Gasteiger partial charge on any atom is -0.399 e. The summed E-state index contributed by atoms with van der Waals surface area (Å²) < 4.78 is 100. The quantitative estimate of drug-likeness (QED) is 0.261. The first-order valence-electron chi connectivity index (χ1n) is 12.3. The van der Waals surface area contributed by atoms with Gasteiger partial charge in [-0.15, -0.1) is 13.2 Å². The lowest BCUT2D eigenvalue weighted by molar-refractivity contribution is -0.276. The number of methoxy groups -OCH3 is 1. The maximum atomic E-state index is 15.2. The molecule has 0 unspecified atom stereocenters. The van der Waals surface area contributed by atoms with Crippen molar-refractivity contribution in [1.82, 2.24) is 0 Å². The molecule has 0 atom stereocenters. The summed E-state index contributed by atoms with van der Waals surface area (Å²) in [6, 6.07) is 10.3. The molecule has 0 aromatic heterocycles. The molecule has 0 N–H and O–H groups in total. The second-order valence-corrected chi connectivity index (χ2v) is 9.31. The number of ether oxygens (including phenoxy) is 4. The number of alkyl halides is 3. The lowest BCUT2D eigenvalue weighted by Gasteiger charge is -2.29. The Morgan fingerprint density at radius 3 is 2.21 bits per heavy atom. The monoisotopic (exact) mass is 542 g/mol. The molecule has 0 aliphatic carbocycles. The minimum atomic E-state index is -5.22. The Balaban J connectivity index is 1.35. The zero-order valence-electron chi connectivity index (χ0n) is 20.8. The van der Waals surface area contributed by atoms with Crippen molar-refractivity contribution < 1.29 is 45.3 Å². The Hall–Kier alpha value is -2.82. The Bertz CT molecular complexity index is 1210. The van der Waals surface area contributed by atoms with Gasteiger partial charge in [0, 0.05) is 31.4 Å². The highest BCUT2D eigenvalue weighted by Crippen LogP contribution is 2.30. The number of benzene rings is 3. The van der Waals surface area contributed by atoms with Gasteiger partial charge >= 0.3 is 6.36 Å². The molecule has 3 aromatic carbocycles. The molecule has 0 radical (unpaired) electrons. The smallest absolute Gasteiger partial charge is 0.399 e. The van der Waals surface area contributed by atoms with E-state index in [2.05, 4.69) is 4.74 Å². The largest absolute Gasteiger partial charge is 0.573 e. The highest BCUT2D eigenvalue weighted by atomic mass is 19.4. The van der Waals surface area contributed by atoms with Crippen LogP contribution in [0.15, 0.2) is 42.5 Å². The van der Waals surface area contributed by atoms with Crippen LogP contribution in [0, 0.1) is 23.4 Å². The molecule has 0 bridgehead atoms. The third kappa shape index (κ3) is 7.39. The van der Waals surface area contributed by atoms with Crippen molar-refractivity contribution in [2.24, 2.45) is 5.92 Å². The lowest BCUT2D eigenvalue weighted by atomic mass is 9.98. The van der Waals surface area contributed by atoms with Gasteiger partial charge in [-0.25, -0.2) is 13.2 Å². The summed E-state index contributed by atoms with van der Waals surface area (Å²) in [7, 11) is 1.66. The van der Waals surface area contributed by atoms with Crippen molar-refractivity contribution in [3.05, 3.63) is 76.6 Å². The lowest BCUT2D eigenvalue weighted by Crippen LogP contribution is -2.32. The maximum Gasteiger partial charge on any atom is 0.573 e. The molecule has 1 aliphatic heterocycles. The standard InChI is InChI=1S/C28H28F6O4/c1-35-11-10-19-15-36-25(37-16-19)9-4-17-3-8-22-21(12-17)7-6-20(26(22)31)5-2-18-13-23(29)27(24(30)14-18)38-28(32,33)34/h3,6-8,12-14,19,25H,2,4-5,9-11,15-16H2,1H3. The number of hydrogen-bond donors (Lipinski definition) is 0. The molecule has 1 heterocycles. The van der Waals surface area contributed by atoms with Gasteiger partial charge in [-0.05, 0) is 59.9 Å². The summed E-state index contributed by atoms with van der Waals surface area (Å²) in [5.41, 5.74) is 1.42. The molecule has 206 valence electrons. The SMILES string of the molecule is COCCC1COC(CCc2ccc3c(F)c(CCc4cc(F)c(OC(F)(F)F)c(F)c4)ccc3c2)OC1. The van der Waals surface area contributed by atoms with Crippen LogP contribution in [0.2, 0.25) is 0 Å². The van der Waals surface area contributed by atoms with Crippen molar-refractivity contribution in [1.29, 1.82) is 0 Å². The zero-order valence-corrected chi connectivity index (χ0v) is 20.8. The van der Waals surface area contributed by atoms with Crippen LogP contribution in [0.1, 0.15) is 29.5 Å². The van der Waals surface area contributed by atoms with Gasteiger partial charge in [-0.2, -0.15) is 0 Å². The van der Waals surface area contributed by atoms with Gasteiger partial charge in [0.25, 0.3) is 0 Å². The topological polar surface area (TPSA) is 36.9 Å². The highest BCUT2D eigenvalue weighted by molar-refractivity contribution is 5.84. The molecule has 0 amide bonds. The second kappa shape index (κ2) is 12.4. The van der Waals surface area contributed by atoms with Crippen LogP contribution >= 0.6 is 0 Å². The van der Waals surface area contributed by atoms with Crippen molar-refractivity contribution in [2.75, 3.05) is 26.9 Å². The van der Waals surface area contributed by atoms with E-state index in [1.54, 1.807) is 25.3 Å². The normalized spacial score (nSPS) is 18.2. The molecule has 1 aliphatic rings. The fourth-order valence-corrected chi connectivity index (χ4v) is 4.47. The first-order chi connectivity index (χ1) is 18.1. The Labute approximate surface area is 216 Å². The Morgan fingerprint density at radius 2 is 1.55 bits per heavy atom. The summed E-state index contributed by atoms with van der Waals surface area (Å²) in [6.07, 6.45) is -3.13. The summed E-state index contributed by atoms with van der Waals surface area (Å²) in [5, 5.41) is 1.11. The molecule has 4 nitrogen and oxygen atoms in total. The van der Waals surface area contributed by atoms with Crippen LogP contribution in [0.4, 0.5) is 26.3 Å². The van der Waals surface area contributed by atoms with Gasteiger partial charge in [0.15, 0.2) is 17.9 Å². The first kappa shape index (κ1) is 28.2. The third-order valence-corrected chi connectivity index (χ3v) is 6.49. The van der Waals surface area contributed by atoms with E-state index in [9.17, 15) is 22.0 Å². The first-order valence-corrected chi connectivity index (χ1v) is 12.3. The van der Waals surface area contributed by atoms with Gasteiger partial charge in [-0.1, -0.05) is 30.3 Å². The predicted octanol–water partition coefficient (Wildman–Crippen LogP) is 6.90. The molecule has 38 heavy (non-hydrogen) atoms. The van der Waals surface area contributed by atoms with Crippen LogP contribution < -0.4 is 4.74 Å². The van der Waals surface area contributed by atoms with E-state index in [-0.39, 0.29) is 24.7 Å². The Morgan fingerprint density at radius 1 is 0.842 bits per heavy atom. The second-order valence-electron chi connectivity index (χ2n) is 9.31. The van der Waals surface area contributed by atoms with E-state index >= 15 is 4.39 Å². The van der Waals surface area contributed by atoms with Gasteiger partial charge in [0.1, 0.15) is 5.82 Å². The Kier molecular flexibility index (Phi) is 9.17. The third-order valence-electron chi connectivity index (χ3n) is 6.49. The number of aryl methyl sites for hydroxylation is 3. The van der Waals surface area contributed by atoms with Crippen LogP contribution in [0.25, 0.3) is 10.8 Å². The van der Waals surface area contributed by atoms with Gasteiger partial charge in [-0.3, -0.25) is 0 Å². The van der Waals surface area contributed by atoms with Crippen molar-refractivity contribution in [2.45, 2.75) is 44.8 Å². The summed E-state index contributed by atoms with van der Waals surface area (Å²) >= 11 is 0. The summed E-state index contributed by atoms with van der Waals surface area (Å²) in [5.74, 6) is -4.59. The van der Waals surface area contributed by atoms with E-state index in [4.69, 9.17) is 14.2 Å². The van der Waals surface area contributed by atoms with E-state index < -0.39 is 29.6 Å². The van der Waals surface area contributed by atoms with Gasteiger partial charge < -0.3 is 18.9 Å². The van der Waals surface area contributed by atoms with Crippen molar-refractivity contribution in [3.63, 3.8) is 0 Å². The van der Waals surface area contributed by atoms with Crippen LogP contribution in [0.5, 0.6) is 5.75 Å². The minimum absolute atomic E-state index is 0.0222. The fourth-order valence-electron chi connectivity index (χ4n) is 4.47. The molecule has 10 heteroatoms. The average Bonchev–Trinajstić information content (AvgIpc) is 2.88. The van der Waals surface area contributed by atoms with Crippen molar-refractivity contribution in [3.8, 4) is 5.75 Å².